The predicted octanol–water partition coefficient (Wildman–Crippen LogP) is 2.52. The first-order chi connectivity index (χ1) is 16.8. The average molecular weight is 485 g/mol. The number of aryl methyl sites for hydroxylation is 1. The molecule has 0 saturated carbocycles. The number of nitrogen functional groups attached to an aromatic ring is 1. The lowest BCUT2D eigenvalue weighted by molar-refractivity contribution is -0.139. The van der Waals surface area contributed by atoms with Crippen molar-refractivity contribution in [1.29, 1.82) is 0 Å². The zero-order chi connectivity index (χ0) is 24.9. The quantitative estimate of drug-likeness (QED) is 0.605. The first-order valence-corrected chi connectivity index (χ1v) is 12.4. The van der Waals surface area contributed by atoms with Gasteiger partial charge in [0.05, 0.1) is 0 Å². The Labute approximate surface area is 207 Å². The fourth-order valence-corrected chi connectivity index (χ4v) is 4.95. The summed E-state index contributed by atoms with van der Waals surface area (Å²) in [5.41, 5.74) is 8.91. The van der Waals surface area contributed by atoms with Crippen LogP contribution in [-0.4, -0.2) is 84.0 Å². The lowest BCUT2D eigenvalue weighted by Crippen LogP contribution is -2.51. The van der Waals surface area contributed by atoms with Crippen molar-refractivity contribution in [2.45, 2.75) is 32.9 Å². The Balaban J connectivity index is 1.24. The molecule has 2 aliphatic rings. The number of aromatic nitrogens is 1. The van der Waals surface area contributed by atoms with Crippen molar-refractivity contribution in [2.75, 3.05) is 59.1 Å². The van der Waals surface area contributed by atoms with Crippen LogP contribution in [-0.2, 0) is 17.9 Å². The summed E-state index contributed by atoms with van der Waals surface area (Å²) in [4.78, 5) is 29.4. The molecule has 0 aliphatic carbocycles. The van der Waals surface area contributed by atoms with Gasteiger partial charge in [0.15, 0.2) is 11.6 Å². The monoisotopic (exact) mass is 484 g/mol. The molecule has 2 fully saturated rings. The molecule has 1 amide bonds. The molecule has 0 bridgehead atoms. The number of hydrogen-bond donors (Lipinski definition) is 1. The van der Waals surface area contributed by atoms with Crippen molar-refractivity contribution in [3.05, 3.63) is 53.0 Å². The molecule has 2 saturated heterocycles. The number of carbonyl (C=O) groups excluding carboxylic acids is 1. The number of nitrogens with zero attached hydrogens (tertiary/aromatic N) is 5. The SMILES string of the molecule is Cc1cc(F)c(ON(C)C)cc1CN1CCN(C(=O)C2CCN(Cc3ccnc(N)c3)CC2)CC1. The third kappa shape index (κ3) is 6.68. The van der Waals surface area contributed by atoms with Crippen LogP contribution in [0, 0.1) is 18.7 Å². The van der Waals surface area contributed by atoms with Gasteiger partial charge < -0.3 is 15.5 Å². The number of piperazine rings is 1. The minimum absolute atomic E-state index is 0.102. The molecular formula is C26H37FN6O2. The maximum absolute atomic E-state index is 14.2. The second kappa shape index (κ2) is 11.3. The second-order valence-electron chi connectivity index (χ2n) is 9.85. The van der Waals surface area contributed by atoms with Crippen molar-refractivity contribution in [1.82, 2.24) is 24.7 Å². The van der Waals surface area contributed by atoms with Crippen molar-refractivity contribution in [2.24, 2.45) is 5.92 Å². The van der Waals surface area contributed by atoms with Crippen molar-refractivity contribution >= 4 is 11.7 Å². The summed E-state index contributed by atoms with van der Waals surface area (Å²) in [6.07, 6.45) is 3.53. The van der Waals surface area contributed by atoms with E-state index in [9.17, 15) is 9.18 Å². The van der Waals surface area contributed by atoms with Gasteiger partial charge in [-0.3, -0.25) is 14.6 Å². The molecule has 8 nitrogen and oxygen atoms in total. The summed E-state index contributed by atoms with van der Waals surface area (Å²) >= 11 is 0. The standard InChI is InChI=1S/C26H37FN6O2/c1-19-14-23(27)24(35-30(2)3)16-22(19)18-32-10-12-33(13-11-32)26(34)21-5-8-31(9-6-21)17-20-4-7-29-25(28)15-20/h4,7,14-16,21H,5-6,8-13,17-18H2,1-3H3,(H2,28,29). The third-order valence-corrected chi connectivity index (χ3v) is 6.94. The molecule has 0 radical (unpaired) electrons. The number of anilines is 1. The molecule has 4 rings (SSSR count). The van der Waals surface area contributed by atoms with E-state index in [1.807, 2.05) is 24.0 Å². The average Bonchev–Trinajstić information content (AvgIpc) is 2.82. The van der Waals surface area contributed by atoms with E-state index < -0.39 is 0 Å². The topological polar surface area (TPSA) is 78.2 Å². The molecule has 1 aromatic heterocycles. The summed E-state index contributed by atoms with van der Waals surface area (Å²) in [5, 5.41) is 1.49. The van der Waals surface area contributed by atoms with E-state index in [4.69, 9.17) is 10.6 Å². The Hall–Kier alpha value is -2.75. The van der Waals surface area contributed by atoms with Crippen LogP contribution >= 0.6 is 0 Å². The van der Waals surface area contributed by atoms with E-state index >= 15 is 0 Å². The minimum atomic E-state index is -0.355. The normalized spacial score (nSPS) is 18.3. The van der Waals surface area contributed by atoms with Crippen LogP contribution in [0.25, 0.3) is 0 Å². The number of benzene rings is 1. The van der Waals surface area contributed by atoms with Gasteiger partial charge in [-0.2, -0.15) is 5.06 Å². The third-order valence-electron chi connectivity index (χ3n) is 6.94. The van der Waals surface area contributed by atoms with Crippen LogP contribution in [0.3, 0.4) is 0 Å². The van der Waals surface area contributed by atoms with Crippen molar-refractivity contribution in [3.8, 4) is 5.75 Å². The van der Waals surface area contributed by atoms with Gasteiger partial charge in [0.1, 0.15) is 5.82 Å². The highest BCUT2D eigenvalue weighted by Gasteiger charge is 2.30. The molecule has 0 spiro atoms. The number of pyridine rings is 1. The lowest BCUT2D eigenvalue weighted by atomic mass is 9.94. The molecule has 3 heterocycles. The van der Waals surface area contributed by atoms with E-state index in [-0.39, 0.29) is 23.4 Å². The molecule has 2 aromatic rings. The molecular weight excluding hydrogens is 447 g/mol. The van der Waals surface area contributed by atoms with Crippen LogP contribution in [0.15, 0.2) is 30.5 Å². The highest BCUT2D eigenvalue weighted by Crippen LogP contribution is 2.25. The molecule has 35 heavy (non-hydrogen) atoms. The summed E-state index contributed by atoms with van der Waals surface area (Å²) in [6.45, 7) is 8.41. The first-order valence-electron chi connectivity index (χ1n) is 12.4. The first kappa shape index (κ1) is 25.3. The Kier molecular flexibility index (Phi) is 8.20. The number of hydrogen-bond acceptors (Lipinski definition) is 7. The number of halogens is 1. The maximum Gasteiger partial charge on any atom is 0.225 e. The summed E-state index contributed by atoms with van der Waals surface area (Å²) in [7, 11) is 3.46. The summed E-state index contributed by atoms with van der Waals surface area (Å²) < 4.78 is 14.2. The number of carbonyl (C=O) groups is 1. The number of piperidine rings is 1. The lowest BCUT2D eigenvalue weighted by Gasteiger charge is -2.38. The second-order valence-corrected chi connectivity index (χ2v) is 9.85. The number of rotatable bonds is 7. The number of amides is 1. The van der Waals surface area contributed by atoms with E-state index in [1.54, 1.807) is 26.4 Å². The highest BCUT2D eigenvalue weighted by atomic mass is 19.1. The molecule has 9 heteroatoms. The van der Waals surface area contributed by atoms with Gasteiger partial charge in [0.2, 0.25) is 5.91 Å². The fraction of sp³-hybridized carbons (Fsp3) is 0.538. The molecule has 0 atom stereocenters. The Bertz CT molecular complexity index is 1020. The summed E-state index contributed by atoms with van der Waals surface area (Å²) in [6, 6.07) is 7.23. The van der Waals surface area contributed by atoms with Crippen molar-refractivity contribution < 1.29 is 14.0 Å². The van der Waals surface area contributed by atoms with Crippen LogP contribution < -0.4 is 10.6 Å². The van der Waals surface area contributed by atoms with E-state index in [0.29, 0.717) is 5.82 Å². The van der Waals surface area contributed by atoms with Gasteiger partial charge in [0, 0.05) is 65.5 Å². The van der Waals surface area contributed by atoms with Crippen molar-refractivity contribution in [3.63, 3.8) is 0 Å². The molecule has 0 unspecified atom stereocenters. The molecule has 1 aromatic carbocycles. The van der Waals surface area contributed by atoms with E-state index in [0.717, 1.165) is 81.9 Å². The van der Waals surface area contributed by atoms with E-state index in [1.165, 1.54) is 11.1 Å². The molecule has 2 aliphatic heterocycles. The van der Waals surface area contributed by atoms with Crippen LogP contribution in [0.5, 0.6) is 5.75 Å². The largest absolute Gasteiger partial charge is 0.403 e. The van der Waals surface area contributed by atoms with Gasteiger partial charge in [-0.05, 0) is 73.8 Å². The Morgan fingerprint density at radius 3 is 2.43 bits per heavy atom. The molecule has 2 N–H and O–H groups in total. The van der Waals surface area contributed by atoms with Gasteiger partial charge in [-0.25, -0.2) is 9.37 Å². The smallest absolute Gasteiger partial charge is 0.225 e. The fourth-order valence-electron chi connectivity index (χ4n) is 4.95. The van der Waals surface area contributed by atoms with Crippen LogP contribution in [0.2, 0.25) is 0 Å². The minimum Gasteiger partial charge on any atom is -0.403 e. The Morgan fingerprint density at radius 2 is 1.77 bits per heavy atom. The predicted molar refractivity (Wildman–Crippen MR) is 134 cm³/mol. The van der Waals surface area contributed by atoms with Crippen LogP contribution in [0.1, 0.15) is 29.5 Å². The summed E-state index contributed by atoms with van der Waals surface area (Å²) in [5.74, 6) is 0.820. The van der Waals surface area contributed by atoms with Gasteiger partial charge in [0.25, 0.3) is 0 Å². The molecule has 190 valence electrons. The maximum atomic E-state index is 14.2. The van der Waals surface area contributed by atoms with Gasteiger partial charge in [-0.15, -0.1) is 0 Å². The number of likely N-dealkylation sites (tertiary alicyclic amines) is 1. The highest BCUT2D eigenvalue weighted by molar-refractivity contribution is 5.79. The van der Waals surface area contributed by atoms with E-state index in [2.05, 4.69) is 14.8 Å². The number of hydroxylamine groups is 2. The number of nitrogens with two attached hydrogens (primary N) is 1. The van der Waals surface area contributed by atoms with Crippen LogP contribution in [0.4, 0.5) is 10.2 Å². The zero-order valence-corrected chi connectivity index (χ0v) is 21.0. The Morgan fingerprint density at radius 1 is 1.09 bits per heavy atom. The van der Waals surface area contributed by atoms with Gasteiger partial charge >= 0.3 is 0 Å². The van der Waals surface area contributed by atoms with Gasteiger partial charge in [-0.1, -0.05) is 0 Å². The zero-order valence-electron chi connectivity index (χ0n) is 21.0.